The highest BCUT2D eigenvalue weighted by molar-refractivity contribution is 6.31. The van der Waals surface area contributed by atoms with Crippen molar-refractivity contribution in [2.24, 2.45) is 0 Å². The van der Waals surface area contributed by atoms with E-state index in [1.54, 1.807) is 12.1 Å². The van der Waals surface area contributed by atoms with Gasteiger partial charge in [-0.15, -0.1) is 10.2 Å². The zero-order valence-electron chi connectivity index (χ0n) is 16.0. The number of aromatic amines is 1. The summed E-state index contributed by atoms with van der Waals surface area (Å²) in [6, 6.07) is 22.1. The summed E-state index contributed by atoms with van der Waals surface area (Å²) < 4.78 is 5.78. The van der Waals surface area contributed by atoms with Gasteiger partial charge in [0.15, 0.2) is 11.5 Å². The average molecular weight is 420 g/mol. The molecule has 7 nitrogen and oxygen atoms in total. The van der Waals surface area contributed by atoms with Crippen molar-refractivity contribution < 1.29 is 9.53 Å². The normalized spacial score (nSPS) is 10.5. The van der Waals surface area contributed by atoms with Gasteiger partial charge in [-0.3, -0.25) is 4.79 Å². The lowest BCUT2D eigenvalue weighted by molar-refractivity contribution is 0.102. The zero-order valence-corrected chi connectivity index (χ0v) is 16.8. The van der Waals surface area contributed by atoms with E-state index in [0.29, 0.717) is 22.3 Å². The highest BCUT2D eigenvalue weighted by Crippen LogP contribution is 2.25. The number of rotatable bonds is 6. The summed E-state index contributed by atoms with van der Waals surface area (Å²) >= 11 is 6.12. The van der Waals surface area contributed by atoms with Crippen molar-refractivity contribution >= 4 is 34.7 Å². The SMILES string of the molecule is Cc1ccc(NC(=O)c2n[nH]nc2Nc2ccc(Oc3ccccc3)cc2)cc1Cl. The molecule has 0 fully saturated rings. The predicted octanol–water partition coefficient (Wildman–Crippen LogP) is 5.55. The second-order valence-corrected chi connectivity index (χ2v) is 6.91. The largest absolute Gasteiger partial charge is 0.457 e. The van der Waals surface area contributed by atoms with Crippen molar-refractivity contribution in [3.63, 3.8) is 0 Å². The minimum absolute atomic E-state index is 0.135. The Labute approximate surface area is 178 Å². The minimum Gasteiger partial charge on any atom is -0.457 e. The van der Waals surface area contributed by atoms with E-state index in [2.05, 4.69) is 26.0 Å². The van der Waals surface area contributed by atoms with Crippen LogP contribution in [0.15, 0.2) is 72.8 Å². The van der Waals surface area contributed by atoms with Crippen LogP contribution in [0.5, 0.6) is 11.5 Å². The predicted molar refractivity (Wildman–Crippen MR) is 117 cm³/mol. The monoisotopic (exact) mass is 419 g/mol. The maximum atomic E-state index is 12.6. The number of benzene rings is 3. The van der Waals surface area contributed by atoms with Gasteiger partial charge in [-0.1, -0.05) is 35.9 Å². The van der Waals surface area contributed by atoms with E-state index < -0.39 is 5.91 Å². The molecule has 8 heteroatoms. The Kier molecular flexibility index (Phi) is 5.63. The number of nitrogens with one attached hydrogen (secondary N) is 3. The van der Waals surface area contributed by atoms with E-state index in [9.17, 15) is 4.79 Å². The van der Waals surface area contributed by atoms with Gasteiger partial charge in [-0.2, -0.15) is 5.21 Å². The van der Waals surface area contributed by atoms with Crippen molar-refractivity contribution in [2.45, 2.75) is 6.92 Å². The van der Waals surface area contributed by atoms with Gasteiger partial charge in [0.2, 0.25) is 0 Å². The molecule has 0 radical (unpaired) electrons. The standard InChI is InChI=1S/C22H18ClN5O2/c1-14-7-8-16(13-19(14)23)25-22(29)20-21(27-28-26-20)24-15-9-11-18(12-10-15)30-17-5-3-2-4-6-17/h2-13H,1H3,(H,25,29)(H2,24,26,27,28). The lowest BCUT2D eigenvalue weighted by Gasteiger charge is -2.09. The summed E-state index contributed by atoms with van der Waals surface area (Å²) in [7, 11) is 0. The number of para-hydroxylation sites is 1. The van der Waals surface area contributed by atoms with Gasteiger partial charge < -0.3 is 15.4 Å². The minimum atomic E-state index is -0.407. The number of amides is 1. The fourth-order valence-electron chi connectivity index (χ4n) is 2.70. The molecule has 1 heterocycles. The van der Waals surface area contributed by atoms with Crippen LogP contribution in [0.2, 0.25) is 5.02 Å². The number of aromatic nitrogens is 3. The molecule has 3 aromatic carbocycles. The van der Waals surface area contributed by atoms with Crippen LogP contribution in [0.1, 0.15) is 16.1 Å². The highest BCUT2D eigenvalue weighted by atomic mass is 35.5. The van der Waals surface area contributed by atoms with E-state index in [4.69, 9.17) is 16.3 Å². The lowest BCUT2D eigenvalue weighted by Crippen LogP contribution is -2.14. The first-order valence-corrected chi connectivity index (χ1v) is 9.54. The van der Waals surface area contributed by atoms with Crippen LogP contribution < -0.4 is 15.4 Å². The number of H-pyrrole nitrogens is 1. The summed E-state index contributed by atoms with van der Waals surface area (Å²) in [5, 5.41) is 16.9. The molecule has 4 rings (SSSR count). The Morgan fingerprint density at radius 2 is 1.63 bits per heavy atom. The number of hydrogen-bond donors (Lipinski definition) is 3. The summed E-state index contributed by atoms with van der Waals surface area (Å²) in [6.45, 7) is 1.89. The topological polar surface area (TPSA) is 91.9 Å². The van der Waals surface area contributed by atoms with Gasteiger partial charge >= 0.3 is 0 Å². The zero-order chi connectivity index (χ0) is 20.9. The molecular weight excluding hydrogens is 402 g/mol. The Morgan fingerprint density at radius 3 is 2.37 bits per heavy atom. The second-order valence-electron chi connectivity index (χ2n) is 6.50. The molecule has 0 aliphatic carbocycles. The number of aryl methyl sites for hydroxylation is 1. The molecule has 0 unspecified atom stereocenters. The molecule has 1 amide bonds. The molecule has 0 bridgehead atoms. The van der Waals surface area contributed by atoms with Crippen LogP contribution in [0.3, 0.4) is 0 Å². The summed E-state index contributed by atoms with van der Waals surface area (Å²) in [4.78, 5) is 12.6. The van der Waals surface area contributed by atoms with Crippen LogP contribution in [0, 0.1) is 6.92 Å². The number of halogens is 1. The number of carbonyl (C=O) groups is 1. The van der Waals surface area contributed by atoms with Crippen LogP contribution in [0.4, 0.5) is 17.2 Å². The maximum Gasteiger partial charge on any atom is 0.280 e. The second kappa shape index (κ2) is 8.67. The van der Waals surface area contributed by atoms with Gasteiger partial charge in [0.1, 0.15) is 11.5 Å². The van der Waals surface area contributed by atoms with Crippen LogP contribution in [0.25, 0.3) is 0 Å². The van der Waals surface area contributed by atoms with Crippen molar-refractivity contribution in [2.75, 3.05) is 10.6 Å². The Morgan fingerprint density at radius 1 is 0.933 bits per heavy atom. The molecule has 0 atom stereocenters. The van der Waals surface area contributed by atoms with E-state index in [1.807, 2.05) is 67.6 Å². The summed E-state index contributed by atoms with van der Waals surface area (Å²) in [6.07, 6.45) is 0. The highest BCUT2D eigenvalue weighted by Gasteiger charge is 2.17. The van der Waals surface area contributed by atoms with Gasteiger partial charge in [0, 0.05) is 16.4 Å². The van der Waals surface area contributed by atoms with Gasteiger partial charge in [-0.05, 0) is 61.0 Å². The van der Waals surface area contributed by atoms with Gasteiger partial charge in [-0.25, -0.2) is 0 Å². The van der Waals surface area contributed by atoms with E-state index in [-0.39, 0.29) is 5.69 Å². The lowest BCUT2D eigenvalue weighted by atomic mass is 10.2. The van der Waals surface area contributed by atoms with Crippen LogP contribution in [-0.2, 0) is 0 Å². The molecule has 0 saturated heterocycles. The van der Waals surface area contributed by atoms with E-state index in [0.717, 1.165) is 17.0 Å². The molecule has 30 heavy (non-hydrogen) atoms. The summed E-state index contributed by atoms with van der Waals surface area (Å²) in [5.74, 6) is 1.35. The molecule has 0 aliphatic heterocycles. The molecular formula is C22H18ClN5O2. The Hall–Kier alpha value is -3.84. The number of carbonyl (C=O) groups excluding carboxylic acids is 1. The fourth-order valence-corrected chi connectivity index (χ4v) is 2.89. The quantitative estimate of drug-likeness (QED) is 0.381. The third-order valence-corrected chi connectivity index (χ3v) is 4.70. The Balaban J connectivity index is 1.44. The fraction of sp³-hybridized carbons (Fsp3) is 0.0455. The molecule has 150 valence electrons. The molecule has 4 aromatic rings. The maximum absolute atomic E-state index is 12.6. The third-order valence-electron chi connectivity index (χ3n) is 4.29. The van der Waals surface area contributed by atoms with Crippen LogP contribution >= 0.6 is 11.6 Å². The van der Waals surface area contributed by atoms with E-state index >= 15 is 0 Å². The first-order valence-electron chi connectivity index (χ1n) is 9.17. The first kappa shape index (κ1) is 19.5. The van der Waals surface area contributed by atoms with Gasteiger partial charge in [0.05, 0.1) is 0 Å². The van der Waals surface area contributed by atoms with Crippen molar-refractivity contribution in [1.29, 1.82) is 0 Å². The molecule has 3 N–H and O–H groups in total. The smallest absolute Gasteiger partial charge is 0.280 e. The molecule has 1 aromatic heterocycles. The van der Waals surface area contributed by atoms with Crippen molar-refractivity contribution in [3.05, 3.63) is 89.1 Å². The Bertz CT molecular complexity index is 1160. The van der Waals surface area contributed by atoms with Crippen molar-refractivity contribution in [1.82, 2.24) is 15.4 Å². The van der Waals surface area contributed by atoms with E-state index in [1.165, 1.54) is 0 Å². The third kappa shape index (κ3) is 4.59. The van der Waals surface area contributed by atoms with Crippen molar-refractivity contribution in [3.8, 4) is 11.5 Å². The molecule has 0 saturated carbocycles. The van der Waals surface area contributed by atoms with Gasteiger partial charge in [0.25, 0.3) is 5.91 Å². The number of nitrogens with zero attached hydrogens (tertiary/aromatic N) is 2. The molecule has 0 spiro atoms. The number of ether oxygens (including phenoxy) is 1. The molecule has 0 aliphatic rings. The average Bonchev–Trinajstić information content (AvgIpc) is 3.21. The summed E-state index contributed by atoms with van der Waals surface area (Å²) in [5.41, 5.74) is 2.37. The number of anilines is 3. The van der Waals surface area contributed by atoms with Crippen LogP contribution in [-0.4, -0.2) is 21.3 Å². The first-order chi connectivity index (χ1) is 14.6. The number of hydrogen-bond acceptors (Lipinski definition) is 5.